The van der Waals surface area contributed by atoms with E-state index in [9.17, 15) is 0 Å². The molecule has 0 aliphatic carbocycles. The first-order chi connectivity index (χ1) is 8.86. The van der Waals surface area contributed by atoms with E-state index in [1.807, 2.05) is 36.5 Å². The highest BCUT2D eigenvalue weighted by Crippen LogP contribution is 2.18. The predicted octanol–water partition coefficient (Wildman–Crippen LogP) is 3.64. The van der Waals surface area contributed by atoms with Crippen LogP contribution in [0.1, 0.15) is 12.5 Å². The van der Waals surface area contributed by atoms with Crippen molar-refractivity contribution in [3.63, 3.8) is 0 Å². The van der Waals surface area contributed by atoms with Crippen molar-refractivity contribution in [3.05, 3.63) is 60.4 Å². The molecule has 0 radical (unpaired) electrons. The van der Waals surface area contributed by atoms with Crippen LogP contribution in [-0.2, 0) is 6.42 Å². The lowest BCUT2D eigenvalue weighted by atomic mass is 10.2. The minimum Gasteiger partial charge on any atom is -0.340 e. The number of fused-ring (bicyclic) bond motifs is 1. The van der Waals surface area contributed by atoms with Crippen molar-refractivity contribution < 1.29 is 0 Å². The Bertz CT molecular complexity index is 656. The van der Waals surface area contributed by atoms with Gasteiger partial charge < -0.3 is 5.32 Å². The van der Waals surface area contributed by atoms with Gasteiger partial charge in [0, 0.05) is 11.9 Å². The number of hydrogen-bond acceptors (Lipinski definition) is 2. The Hall–Kier alpha value is -2.29. The number of anilines is 2. The van der Waals surface area contributed by atoms with E-state index in [1.165, 1.54) is 5.56 Å². The zero-order valence-electron chi connectivity index (χ0n) is 10.3. The average molecular weight is 237 g/mol. The van der Waals surface area contributed by atoms with Crippen LogP contribution >= 0.6 is 0 Å². The van der Waals surface area contributed by atoms with Crippen LogP contribution in [0.3, 0.4) is 0 Å². The monoisotopic (exact) mass is 237 g/mol. The molecule has 0 saturated carbocycles. The van der Waals surface area contributed by atoms with Crippen molar-refractivity contribution >= 4 is 17.2 Å². The van der Waals surface area contributed by atoms with E-state index in [2.05, 4.69) is 40.0 Å². The summed E-state index contributed by atoms with van der Waals surface area (Å²) in [4.78, 5) is 4.42. The van der Waals surface area contributed by atoms with Crippen molar-refractivity contribution in [2.45, 2.75) is 13.3 Å². The molecule has 0 amide bonds. The van der Waals surface area contributed by atoms with Crippen LogP contribution in [0.15, 0.2) is 54.9 Å². The Balaban J connectivity index is 1.98. The van der Waals surface area contributed by atoms with Crippen LogP contribution in [0, 0.1) is 0 Å². The molecule has 3 nitrogen and oxygen atoms in total. The number of nitrogens with zero attached hydrogens (tertiary/aromatic N) is 2. The Kier molecular flexibility index (Phi) is 2.73. The molecule has 3 rings (SSSR count). The van der Waals surface area contributed by atoms with Crippen molar-refractivity contribution in [1.29, 1.82) is 0 Å². The summed E-state index contributed by atoms with van der Waals surface area (Å²) in [6, 6.07) is 14.4. The molecule has 3 aromatic rings. The highest BCUT2D eigenvalue weighted by atomic mass is 15.1. The summed E-state index contributed by atoms with van der Waals surface area (Å²) >= 11 is 0. The maximum Gasteiger partial charge on any atom is 0.138 e. The van der Waals surface area contributed by atoms with Gasteiger partial charge in [0.2, 0.25) is 0 Å². The second kappa shape index (κ2) is 4.53. The second-order valence-electron chi connectivity index (χ2n) is 4.25. The van der Waals surface area contributed by atoms with Crippen molar-refractivity contribution in [3.8, 4) is 0 Å². The van der Waals surface area contributed by atoms with Crippen LogP contribution in [0.25, 0.3) is 5.65 Å². The number of imidazole rings is 1. The van der Waals surface area contributed by atoms with Gasteiger partial charge in [-0.3, -0.25) is 4.40 Å². The molecule has 0 aliphatic rings. The quantitative estimate of drug-likeness (QED) is 0.753. The minimum absolute atomic E-state index is 0.979. The smallest absolute Gasteiger partial charge is 0.138 e. The number of rotatable bonds is 3. The molecule has 0 atom stereocenters. The summed E-state index contributed by atoms with van der Waals surface area (Å²) in [6.45, 7) is 2.15. The molecule has 0 saturated heterocycles. The fourth-order valence-electron chi connectivity index (χ4n) is 2.00. The van der Waals surface area contributed by atoms with E-state index in [4.69, 9.17) is 0 Å². The van der Waals surface area contributed by atoms with Gasteiger partial charge in [0.05, 0.1) is 6.20 Å². The van der Waals surface area contributed by atoms with Gasteiger partial charge in [-0.05, 0) is 36.2 Å². The lowest BCUT2D eigenvalue weighted by Gasteiger charge is -2.06. The van der Waals surface area contributed by atoms with Gasteiger partial charge in [-0.25, -0.2) is 4.98 Å². The van der Waals surface area contributed by atoms with Gasteiger partial charge in [0.1, 0.15) is 11.5 Å². The van der Waals surface area contributed by atoms with Gasteiger partial charge in [-0.1, -0.05) is 25.1 Å². The fourth-order valence-corrected chi connectivity index (χ4v) is 2.00. The number of benzene rings is 1. The summed E-state index contributed by atoms with van der Waals surface area (Å²) in [5.41, 5.74) is 3.35. The van der Waals surface area contributed by atoms with Gasteiger partial charge in [0.25, 0.3) is 0 Å². The van der Waals surface area contributed by atoms with Gasteiger partial charge in [-0.15, -0.1) is 0 Å². The topological polar surface area (TPSA) is 29.3 Å². The fraction of sp³-hybridized carbons (Fsp3) is 0.133. The Morgan fingerprint density at radius 3 is 2.78 bits per heavy atom. The zero-order valence-corrected chi connectivity index (χ0v) is 10.3. The maximum atomic E-state index is 4.42. The van der Waals surface area contributed by atoms with E-state index in [0.717, 1.165) is 23.6 Å². The predicted molar refractivity (Wildman–Crippen MR) is 74.3 cm³/mol. The normalized spacial score (nSPS) is 10.7. The standard InChI is InChI=1S/C15H15N3/c1-2-12-8-9-18-14(10-12)16-11-15(18)17-13-6-4-3-5-7-13/h3-11,17H,2H2,1H3. The number of aromatic nitrogens is 2. The van der Waals surface area contributed by atoms with Gasteiger partial charge >= 0.3 is 0 Å². The summed E-state index contributed by atoms with van der Waals surface area (Å²) in [7, 11) is 0. The third kappa shape index (κ3) is 1.95. The average Bonchev–Trinajstić information content (AvgIpc) is 2.82. The molecule has 0 aliphatic heterocycles. The van der Waals surface area contributed by atoms with Crippen molar-refractivity contribution in [2.24, 2.45) is 0 Å². The summed E-state index contributed by atoms with van der Waals surface area (Å²) < 4.78 is 2.06. The van der Waals surface area contributed by atoms with Crippen LogP contribution in [0.4, 0.5) is 11.5 Å². The molecule has 0 bridgehead atoms. The molecule has 90 valence electrons. The Labute approximate surface area is 106 Å². The summed E-state index contributed by atoms with van der Waals surface area (Å²) in [5, 5.41) is 3.36. The first-order valence-electron chi connectivity index (χ1n) is 6.15. The van der Waals surface area contributed by atoms with E-state index in [-0.39, 0.29) is 0 Å². The molecule has 2 aromatic heterocycles. The van der Waals surface area contributed by atoms with E-state index < -0.39 is 0 Å². The summed E-state index contributed by atoms with van der Waals surface area (Å²) in [5.74, 6) is 0.985. The molecule has 0 spiro atoms. The van der Waals surface area contributed by atoms with Crippen LogP contribution < -0.4 is 5.32 Å². The molecule has 2 heterocycles. The first kappa shape index (κ1) is 10.8. The largest absolute Gasteiger partial charge is 0.340 e. The van der Waals surface area contributed by atoms with Crippen LogP contribution in [0.5, 0.6) is 0 Å². The molecule has 0 fully saturated rings. The van der Waals surface area contributed by atoms with Crippen molar-refractivity contribution in [2.75, 3.05) is 5.32 Å². The number of hydrogen-bond donors (Lipinski definition) is 1. The van der Waals surface area contributed by atoms with E-state index in [0.29, 0.717) is 0 Å². The second-order valence-corrected chi connectivity index (χ2v) is 4.25. The van der Waals surface area contributed by atoms with Gasteiger partial charge in [-0.2, -0.15) is 0 Å². The number of para-hydroxylation sites is 1. The SMILES string of the molecule is CCc1ccn2c(Nc3ccccc3)cnc2c1. The first-order valence-corrected chi connectivity index (χ1v) is 6.15. The Morgan fingerprint density at radius 2 is 2.00 bits per heavy atom. The molecule has 0 unspecified atom stereocenters. The minimum atomic E-state index is 0.979. The van der Waals surface area contributed by atoms with E-state index >= 15 is 0 Å². The molecule has 18 heavy (non-hydrogen) atoms. The maximum absolute atomic E-state index is 4.42. The van der Waals surface area contributed by atoms with E-state index in [1.54, 1.807) is 0 Å². The van der Waals surface area contributed by atoms with Crippen LogP contribution in [-0.4, -0.2) is 9.38 Å². The lowest BCUT2D eigenvalue weighted by molar-refractivity contribution is 1.10. The molecule has 3 heteroatoms. The highest BCUT2D eigenvalue weighted by molar-refractivity contribution is 5.60. The number of nitrogens with one attached hydrogen (secondary N) is 1. The van der Waals surface area contributed by atoms with Crippen LogP contribution in [0.2, 0.25) is 0 Å². The van der Waals surface area contributed by atoms with Gasteiger partial charge in [0.15, 0.2) is 0 Å². The molecular weight excluding hydrogens is 222 g/mol. The third-order valence-corrected chi connectivity index (χ3v) is 3.03. The Morgan fingerprint density at radius 1 is 1.17 bits per heavy atom. The lowest BCUT2D eigenvalue weighted by Crippen LogP contribution is -1.95. The molecular formula is C15H15N3. The molecule has 1 N–H and O–H groups in total. The summed E-state index contributed by atoms with van der Waals surface area (Å²) in [6.07, 6.45) is 4.96. The van der Waals surface area contributed by atoms with Crippen molar-refractivity contribution in [1.82, 2.24) is 9.38 Å². The third-order valence-electron chi connectivity index (χ3n) is 3.03. The molecule has 1 aromatic carbocycles. The number of aryl methyl sites for hydroxylation is 1. The zero-order chi connectivity index (χ0) is 12.4. The number of pyridine rings is 1. The highest BCUT2D eigenvalue weighted by Gasteiger charge is 2.03.